The van der Waals surface area contributed by atoms with Gasteiger partial charge in [0, 0.05) is 12.8 Å². The molecule has 0 aromatic heterocycles. The van der Waals surface area contributed by atoms with Crippen LogP contribution in [0.1, 0.15) is 168 Å². The van der Waals surface area contributed by atoms with Crippen LogP contribution < -0.4 is 5.32 Å². The average molecular weight is 782 g/mol. The zero-order valence-electron chi connectivity index (χ0n) is 35.2. The highest BCUT2D eigenvalue weighted by molar-refractivity contribution is 7.47. The fourth-order valence-electron chi connectivity index (χ4n) is 5.82. The van der Waals surface area contributed by atoms with Gasteiger partial charge in [-0.15, -0.1) is 0 Å². The van der Waals surface area contributed by atoms with Gasteiger partial charge < -0.3 is 19.8 Å². The van der Waals surface area contributed by atoms with Gasteiger partial charge in [0.15, 0.2) is 5.78 Å². The van der Waals surface area contributed by atoms with Crippen LogP contribution in [0.4, 0.5) is 0 Å². The van der Waals surface area contributed by atoms with Crippen LogP contribution in [0.2, 0.25) is 0 Å². The second-order valence-corrected chi connectivity index (χ2v) is 17.2. The van der Waals surface area contributed by atoms with Gasteiger partial charge in [-0.3, -0.25) is 18.6 Å². The van der Waals surface area contributed by atoms with Gasteiger partial charge in [-0.1, -0.05) is 159 Å². The molecule has 0 rings (SSSR count). The first-order valence-electron chi connectivity index (χ1n) is 21.5. The molecule has 0 fully saturated rings. The molecule has 1 unspecified atom stereocenters. The number of hydrogen-bond donors (Lipinski definition) is 3. The lowest BCUT2D eigenvalue weighted by molar-refractivity contribution is -0.870. The number of rotatable bonds is 38. The number of phosphoric acid groups is 1. The smallest absolute Gasteiger partial charge is 0.391 e. The predicted molar refractivity (Wildman–Crippen MR) is 226 cm³/mol. The Hall–Kier alpha value is -1.87. The lowest BCUT2D eigenvalue weighted by Crippen LogP contribution is -2.46. The van der Waals surface area contributed by atoms with Crippen molar-refractivity contribution in [3.63, 3.8) is 0 Å². The Labute approximate surface area is 331 Å². The molecule has 10 heteroatoms. The number of allylic oxidation sites excluding steroid dienone is 8. The number of unbranched alkanes of at least 4 members (excludes halogenated alkanes) is 16. The van der Waals surface area contributed by atoms with Gasteiger partial charge in [-0.2, -0.15) is 0 Å². The number of hydrogen-bond acceptors (Lipinski definition) is 6. The normalized spacial score (nSPS) is 14.8. The molecule has 314 valence electrons. The van der Waals surface area contributed by atoms with E-state index in [9.17, 15) is 24.2 Å². The second-order valence-electron chi connectivity index (χ2n) is 15.8. The largest absolute Gasteiger partial charge is 0.472 e. The van der Waals surface area contributed by atoms with E-state index < -0.39 is 20.0 Å². The third kappa shape index (κ3) is 37.1. The van der Waals surface area contributed by atoms with Crippen LogP contribution in [0.25, 0.3) is 0 Å². The molecule has 0 saturated heterocycles. The van der Waals surface area contributed by atoms with Crippen molar-refractivity contribution in [2.45, 2.75) is 180 Å². The van der Waals surface area contributed by atoms with E-state index >= 15 is 0 Å². The van der Waals surface area contributed by atoms with Crippen molar-refractivity contribution in [3.8, 4) is 0 Å². The van der Waals surface area contributed by atoms with E-state index in [1.165, 1.54) is 70.6 Å². The number of carbonyl (C=O) groups is 2. The molecule has 0 bridgehead atoms. The summed E-state index contributed by atoms with van der Waals surface area (Å²) in [5.74, 6) is -0.0440. The monoisotopic (exact) mass is 782 g/mol. The van der Waals surface area contributed by atoms with E-state index in [1.54, 1.807) is 6.08 Å². The molecule has 0 aromatic carbocycles. The second kappa shape index (κ2) is 35.5. The summed E-state index contributed by atoms with van der Waals surface area (Å²) in [6.45, 7) is 4.66. The molecule has 3 N–H and O–H groups in total. The maximum atomic E-state index is 12.8. The van der Waals surface area contributed by atoms with Gasteiger partial charge >= 0.3 is 7.82 Å². The van der Waals surface area contributed by atoms with Crippen LogP contribution in [-0.2, 0) is 23.2 Å². The van der Waals surface area contributed by atoms with Crippen molar-refractivity contribution < 1.29 is 37.7 Å². The number of likely N-dealkylation sites (N-methyl/N-ethyl adjacent to an activating group) is 1. The zero-order valence-corrected chi connectivity index (χ0v) is 36.1. The number of ketones is 1. The Balaban J connectivity index is 4.56. The van der Waals surface area contributed by atoms with Crippen LogP contribution in [0, 0.1) is 0 Å². The molecular formula is C44H82N2O7P+. The van der Waals surface area contributed by atoms with Crippen molar-refractivity contribution in [1.82, 2.24) is 5.32 Å². The number of phosphoric ester groups is 1. The van der Waals surface area contributed by atoms with Gasteiger partial charge in [0.2, 0.25) is 5.91 Å². The van der Waals surface area contributed by atoms with Crippen LogP contribution in [0.15, 0.2) is 48.6 Å². The summed E-state index contributed by atoms with van der Waals surface area (Å²) in [4.78, 5) is 34.8. The molecule has 0 aromatic rings. The minimum absolute atomic E-state index is 0.0519. The maximum absolute atomic E-state index is 12.8. The number of amides is 1. The first kappa shape index (κ1) is 52.1. The van der Waals surface area contributed by atoms with Gasteiger partial charge in [0.25, 0.3) is 0 Å². The number of aliphatic hydroxyl groups is 1. The first-order chi connectivity index (χ1) is 25.9. The third-order valence-electron chi connectivity index (χ3n) is 9.31. The Morgan fingerprint density at radius 1 is 0.685 bits per heavy atom. The SMILES string of the molecule is CCCCCCCCCCCCCCCC[C@@H](O)[C@H](COP(=O)(O)OCC[N+](C)(C)C)NC(=O)CCC/C=C\C/C=C\C/C=C\C=C\C(=O)CCCCC. The average Bonchev–Trinajstić information content (AvgIpc) is 3.11. The maximum Gasteiger partial charge on any atom is 0.472 e. The quantitative estimate of drug-likeness (QED) is 0.0142. The van der Waals surface area contributed by atoms with Crippen molar-refractivity contribution in [2.75, 3.05) is 40.9 Å². The number of quaternary nitrogens is 1. The summed E-state index contributed by atoms with van der Waals surface area (Å²) in [5.41, 5.74) is 0. The fourth-order valence-corrected chi connectivity index (χ4v) is 6.55. The molecule has 1 amide bonds. The standard InChI is InChI=1S/C44H81N2O7P/c1-6-8-10-11-12-13-14-15-16-19-22-25-28-32-36-43(48)42(40-53-54(50,51)52-39-38-46(3,4)5)45-44(49)37-33-29-26-23-20-17-18-21-24-27-31-35-41(47)34-30-9-7-2/h17-18,23-24,26-27,31,35,42-43,48H,6-16,19-22,25,28-30,32-34,36-40H2,1-5H3,(H-,45,49,50,51)/p+1/b18-17-,26-23-,27-24-,35-31+/t42-,43+/m0/s1. The molecule has 54 heavy (non-hydrogen) atoms. The Morgan fingerprint density at radius 3 is 1.81 bits per heavy atom. The molecule has 0 aliphatic rings. The van der Waals surface area contributed by atoms with Crippen LogP contribution in [0.3, 0.4) is 0 Å². The highest BCUT2D eigenvalue weighted by Gasteiger charge is 2.28. The lowest BCUT2D eigenvalue weighted by atomic mass is 10.0. The summed E-state index contributed by atoms with van der Waals surface area (Å²) in [6, 6.07) is -0.807. The topological polar surface area (TPSA) is 122 Å². The highest BCUT2D eigenvalue weighted by atomic mass is 31.2. The molecule has 3 atom stereocenters. The van der Waals surface area contributed by atoms with E-state index in [4.69, 9.17) is 9.05 Å². The highest BCUT2D eigenvalue weighted by Crippen LogP contribution is 2.43. The molecule has 0 aliphatic heterocycles. The Bertz CT molecular complexity index is 1080. The van der Waals surface area contributed by atoms with Gasteiger partial charge in [0.1, 0.15) is 13.2 Å². The van der Waals surface area contributed by atoms with E-state index in [0.717, 1.165) is 57.8 Å². The zero-order chi connectivity index (χ0) is 40.2. The number of nitrogens with one attached hydrogen (secondary N) is 1. The van der Waals surface area contributed by atoms with Crippen LogP contribution in [0.5, 0.6) is 0 Å². The molecule has 0 heterocycles. The summed E-state index contributed by atoms with van der Waals surface area (Å²) < 4.78 is 23.5. The van der Waals surface area contributed by atoms with Gasteiger partial charge in [-0.25, -0.2) is 4.57 Å². The van der Waals surface area contributed by atoms with Crippen molar-refractivity contribution in [1.29, 1.82) is 0 Å². The van der Waals surface area contributed by atoms with Gasteiger partial charge in [0.05, 0.1) is 39.9 Å². The summed E-state index contributed by atoms with van der Waals surface area (Å²) in [6.07, 6.45) is 39.8. The molecule has 0 aliphatic carbocycles. The minimum Gasteiger partial charge on any atom is -0.391 e. The lowest BCUT2D eigenvalue weighted by Gasteiger charge is -2.26. The van der Waals surface area contributed by atoms with Crippen molar-refractivity contribution in [3.05, 3.63) is 48.6 Å². The van der Waals surface area contributed by atoms with Crippen molar-refractivity contribution in [2.24, 2.45) is 0 Å². The predicted octanol–water partition coefficient (Wildman–Crippen LogP) is 10.9. The van der Waals surface area contributed by atoms with E-state index in [-0.39, 0.29) is 31.3 Å². The van der Waals surface area contributed by atoms with E-state index in [0.29, 0.717) is 30.3 Å². The summed E-state index contributed by atoms with van der Waals surface area (Å²) in [5, 5.41) is 13.9. The Kier molecular flexibility index (Phi) is 34.3. The first-order valence-corrected chi connectivity index (χ1v) is 23.0. The molecular weight excluding hydrogens is 699 g/mol. The van der Waals surface area contributed by atoms with E-state index in [1.807, 2.05) is 39.4 Å². The minimum atomic E-state index is -4.34. The number of aliphatic hydroxyl groups excluding tert-OH is 1. The fraction of sp³-hybridized carbons (Fsp3) is 0.773. The van der Waals surface area contributed by atoms with Crippen LogP contribution >= 0.6 is 7.82 Å². The number of nitrogens with zero attached hydrogens (tertiary/aromatic N) is 1. The molecule has 0 saturated carbocycles. The van der Waals surface area contributed by atoms with Crippen LogP contribution in [-0.4, -0.2) is 79.2 Å². The third-order valence-corrected chi connectivity index (χ3v) is 10.3. The molecule has 0 radical (unpaired) electrons. The number of carbonyl (C=O) groups excluding carboxylic acids is 2. The Morgan fingerprint density at radius 2 is 1.22 bits per heavy atom. The molecule has 9 nitrogen and oxygen atoms in total. The summed E-state index contributed by atoms with van der Waals surface area (Å²) >= 11 is 0. The van der Waals surface area contributed by atoms with E-state index in [2.05, 4.69) is 43.5 Å². The van der Waals surface area contributed by atoms with Gasteiger partial charge in [-0.05, 0) is 44.6 Å². The van der Waals surface area contributed by atoms with Crippen molar-refractivity contribution >= 4 is 19.5 Å². The molecule has 0 spiro atoms. The summed E-state index contributed by atoms with van der Waals surface area (Å²) in [7, 11) is 1.54.